The van der Waals surface area contributed by atoms with E-state index >= 15 is 0 Å². The highest BCUT2D eigenvalue weighted by atomic mass is 32.1. The highest BCUT2D eigenvalue weighted by Gasteiger charge is 2.26. The first-order valence-corrected chi connectivity index (χ1v) is 9.58. The number of hydrogen-bond acceptors (Lipinski definition) is 7. The van der Waals surface area contributed by atoms with Gasteiger partial charge in [-0.3, -0.25) is 10.2 Å². The van der Waals surface area contributed by atoms with Gasteiger partial charge in [-0.2, -0.15) is 4.99 Å². The Kier molecular flexibility index (Phi) is 5.12. The highest BCUT2D eigenvalue weighted by Crippen LogP contribution is 2.24. The van der Waals surface area contributed by atoms with E-state index in [-0.39, 0.29) is 11.9 Å². The fourth-order valence-corrected chi connectivity index (χ4v) is 3.32. The molecule has 1 aliphatic heterocycles. The summed E-state index contributed by atoms with van der Waals surface area (Å²) < 4.78 is 5.21. The van der Waals surface area contributed by atoms with Gasteiger partial charge in [0.1, 0.15) is 5.69 Å². The molecule has 0 saturated carbocycles. The topological polar surface area (TPSA) is 126 Å². The molecule has 1 aliphatic rings. The molecule has 0 spiro atoms. The predicted molar refractivity (Wildman–Crippen MR) is 113 cm³/mol. The van der Waals surface area contributed by atoms with Crippen molar-refractivity contribution in [3.05, 3.63) is 82.3 Å². The molecular formula is C20H16N6O2S. The van der Waals surface area contributed by atoms with Crippen LogP contribution < -0.4 is 11.1 Å². The highest BCUT2D eigenvalue weighted by molar-refractivity contribution is 7.07. The molecule has 0 saturated heterocycles. The van der Waals surface area contributed by atoms with Crippen LogP contribution in [0.25, 0.3) is 0 Å². The Bertz CT molecular complexity index is 1110. The number of aromatic nitrogens is 1. The lowest BCUT2D eigenvalue weighted by Crippen LogP contribution is -2.29. The molecular weight excluding hydrogens is 388 g/mol. The van der Waals surface area contributed by atoms with Crippen LogP contribution in [0, 0.1) is 5.41 Å². The lowest BCUT2D eigenvalue weighted by molar-refractivity contribution is -0.117. The summed E-state index contributed by atoms with van der Waals surface area (Å²) in [6.07, 6.45) is -1.17. The fraction of sp³-hybridized carbons (Fsp3) is 0.0500. The van der Waals surface area contributed by atoms with E-state index in [0.29, 0.717) is 17.1 Å². The van der Waals surface area contributed by atoms with Crippen molar-refractivity contribution in [1.29, 1.82) is 5.41 Å². The van der Waals surface area contributed by atoms with Gasteiger partial charge >= 0.3 is 0 Å². The monoisotopic (exact) mass is 404 g/mol. The van der Waals surface area contributed by atoms with Crippen LogP contribution in [-0.2, 0) is 9.53 Å². The molecule has 8 nitrogen and oxygen atoms in total. The van der Waals surface area contributed by atoms with Crippen molar-refractivity contribution in [2.45, 2.75) is 6.17 Å². The predicted octanol–water partition coefficient (Wildman–Crippen LogP) is 2.62. The van der Waals surface area contributed by atoms with Crippen LogP contribution in [0.1, 0.15) is 16.8 Å². The van der Waals surface area contributed by atoms with Gasteiger partial charge in [0.2, 0.25) is 12.1 Å². The van der Waals surface area contributed by atoms with Crippen molar-refractivity contribution in [3.8, 4) is 0 Å². The average molecular weight is 404 g/mol. The number of thiazole rings is 1. The first-order valence-electron chi connectivity index (χ1n) is 8.63. The van der Waals surface area contributed by atoms with Crippen LogP contribution in [-0.4, -0.2) is 34.7 Å². The maximum Gasteiger partial charge on any atom is 0.291 e. The molecule has 1 atom stereocenters. The lowest BCUT2D eigenvalue weighted by Gasteiger charge is -2.09. The van der Waals surface area contributed by atoms with Gasteiger partial charge in [0.25, 0.3) is 11.9 Å². The molecule has 2 heterocycles. The number of aliphatic imine (C=N–C) groups is 2. The summed E-state index contributed by atoms with van der Waals surface area (Å²) in [7, 11) is 0. The van der Waals surface area contributed by atoms with Crippen molar-refractivity contribution in [2.24, 2.45) is 15.7 Å². The number of benzene rings is 2. The molecule has 1 amide bonds. The van der Waals surface area contributed by atoms with E-state index in [0.717, 1.165) is 11.1 Å². The molecule has 2 aromatic carbocycles. The first-order chi connectivity index (χ1) is 14.1. The van der Waals surface area contributed by atoms with Crippen LogP contribution in [0.5, 0.6) is 0 Å². The SMILES string of the molecule is N=C(OC(N)=NC1N=C(c2ccccc2)c2ccccc2NC1=O)c1cscn1. The average Bonchev–Trinajstić information content (AvgIpc) is 3.23. The summed E-state index contributed by atoms with van der Waals surface area (Å²) in [5.41, 5.74) is 10.6. The van der Waals surface area contributed by atoms with Crippen molar-refractivity contribution in [2.75, 3.05) is 5.32 Å². The van der Waals surface area contributed by atoms with Crippen molar-refractivity contribution < 1.29 is 9.53 Å². The molecule has 0 fully saturated rings. The van der Waals surface area contributed by atoms with Crippen molar-refractivity contribution in [1.82, 2.24) is 4.98 Å². The number of amidine groups is 1. The minimum absolute atomic E-state index is 0.253. The van der Waals surface area contributed by atoms with Crippen LogP contribution in [0.2, 0.25) is 0 Å². The van der Waals surface area contributed by atoms with Gasteiger partial charge in [-0.25, -0.2) is 9.98 Å². The Morgan fingerprint density at radius 2 is 1.93 bits per heavy atom. The Balaban J connectivity index is 1.70. The minimum atomic E-state index is -1.17. The Morgan fingerprint density at radius 1 is 1.17 bits per heavy atom. The third kappa shape index (κ3) is 4.04. The van der Waals surface area contributed by atoms with Crippen LogP contribution >= 0.6 is 11.3 Å². The first kappa shape index (κ1) is 18.5. The second kappa shape index (κ2) is 8.03. The number of carbonyl (C=O) groups excluding carboxylic acids is 1. The number of benzodiazepines with no additional fused rings is 1. The maximum atomic E-state index is 12.7. The number of nitrogens with two attached hydrogens (primary N) is 1. The summed E-state index contributed by atoms with van der Waals surface area (Å²) in [5.74, 6) is -0.702. The molecule has 29 heavy (non-hydrogen) atoms. The van der Waals surface area contributed by atoms with E-state index < -0.39 is 12.1 Å². The third-order valence-electron chi connectivity index (χ3n) is 4.09. The standard InChI is InChI=1S/C20H16N6O2S/c21-17(15-10-29-11-23-15)28-20(22)26-18-19(27)24-14-9-5-4-8-13(14)16(25-18)12-6-2-1-3-7-12/h1-11,18,21H,(H2,22,26)(H,24,27). The summed E-state index contributed by atoms with van der Waals surface area (Å²) in [6, 6.07) is 16.6. The Labute approximate surface area is 170 Å². The van der Waals surface area contributed by atoms with Gasteiger partial charge in [0.05, 0.1) is 16.9 Å². The molecule has 4 N–H and O–H groups in total. The molecule has 1 aromatic heterocycles. The summed E-state index contributed by atoms with van der Waals surface area (Å²) in [6.45, 7) is 0. The van der Waals surface area contributed by atoms with Crippen LogP contribution in [0.4, 0.5) is 5.69 Å². The zero-order valence-corrected chi connectivity index (χ0v) is 15.9. The summed E-state index contributed by atoms with van der Waals surface area (Å²) in [4.78, 5) is 25.3. The number of nitrogens with one attached hydrogen (secondary N) is 2. The molecule has 4 rings (SSSR count). The number of anilines is 1. The molecule has 0 bridgehead atoms. The van der Waals surface area contributed by atoms with Gasteiger partial charge in [-0.15, -0.1) is 11.3 Å². The smallest absolute Gasteiger partial charge is 0.291 e. The fourth-order valence-electron chi connectivity index (χ4n) is 2.79. The molecule has 9 heteroatoms. The summed E-state index contributed by atoms with van der Waals surface area (Å²) in [5, 5.41) is 12.4. The second-order valence-corrected chi connectivity index (χ2v) is 6.74. The zero-order chi connectivity index (χ0) is 20.2. The molecule has 0 aliphatic carbocycles. The van der Waals surface area contributed by atoms with Gasteiger partial charge in [0, 0.05) is 16.5 Å². The van der Waals surface area contributed by atoms with Crippen LogP contribution in [0.3, 0.4) is 0 Å². The number of rotatable bonds is 3. The van der Waals surface area contributed by atoms with Gasteiger partial charge in [-0.1, -0.05) is 48.5 Å². The van der Waals surface area contributed by atoms with Gasteiger partial charge in [-0.05, 0) is 6.07 Å². The number of para-hydroxylation sites is 1. The molecule has 1 unspecified atom stereocenters. The number of fused-ring (bicyclic) bond motifs is 1. The number of ether oxygens (including phenoxy) is 1. The second-order valence-electron chi connectivity index (χ2n) is 6.02. The van der Waals surface area contributed by atoms with Crippen molar-refractivity contribution >= 4 is 40.6 Å². The largest absolute Gasteiger partial charge is 0.405 e. The number of nitrogens with zero attached hydrogens (tertiary/aromatic N) is 3. The number of carbonyl (C=O) groups is 1. The van der Waals surface area contributed by atoms with Crippen LogP contribution in [0.15, 0.2) is 75.5 Å². The Morgan fingerprint density at radius 3 is 2.69 bits per heavy atom. The van der Waals surface area contributed by atoms with Gasteiger partial charge in [0.15, 0.2) is 0 Å². The van der Waals surface area contributed by atoms with Crippen molar-refractivity contribution in [3.63, 3.8) is 0 Å². The minimum Gasteiger partial charge on any atom is -0.405 e. The van der Waals surface area contributed by atoms with Gasteiger partial charge < -0.3 is 15.8 Å². The van der Waals surface area contributed by atoms with E-state index in [1.807, 2.05) is 48.5 Å². The molecule has 0 radical (unpaired) electrons. The number of hydrogen-bond donors (Lipinski definition) is 3. The normalized spacial score (nSPS) is 16.3. The number of amides is 1. The molecule has 144 valence electrons. The third-order valence-corrected chi connectivity index (χ3v) is 4.68. The lowest BCUT2D eigenvalue weighted by atomic mass is 10.0. The summed E-state index contributed by atoms with van der Waals surface area (Å²) >= 11 is 1.33. The van der Waals surface area contributed by atoms with E-state index in [2.05, 4.69) is 20.3 Å². The van der Waals surface area contributed by atoms with E-state index in [1.165, 1.54) is 11.3 Å². The maximum absolute atomic E-state index is 12.7. The van der Waals surface area contributed by atoms with E-state index in [4.69, 9.17) is 15.9 Å². The van der Waals surface area contributed by atoms with E-state index in [9.17, 15) is 4.79 Å². The molecule has 3 aromatic rings. The van der Waals surface area contributed by atoms with E-state index in [1.54, 1.807) is 17.0 Å². The Hall–Kier alpha value is -3.85. The quantitative estimate of drug-likeness (QED) is 0.458. The zero-order valence-electron chi connectivity index (χ0n) is 15.1.